The van der Waals surface area contributed by atoms with Gasteiger partial charge in [0.2, 0.25) is 5.91 Å². The molecule has 4 heteroatoms. The average molecular weight is 280 g/mol. The largest absolute Gasteiger partial charge is 0.323 e. The fourth-order valence-electron chi connectivity index (χ4n) is 2.67. The highest BCUT2D eigenvalue weighted by Gasteiger charge is 2.27. The molecule has 1 amide bonds. The van der Waals surface area contributed by atoms with Crippen LogP contribution in [0.5, 0.6) is 0 Å². The molecule has 21 heavy (non-hydrogen) atoms. The zero-order chi connectivity index (χ0) is 14.8. The smallest absolute Gasteiger partial charge is 0.228 e. The van der Waals surface area contributed by atoms with Crippen LogP contribution in [0.3, 0.4) is 0 Å². The number of hydrogen-bond acceptors (Lipinski definition) is 2. The van der Waals surface area contributed by atoms with E-state index in [1.54, 1.807) is 0 Å². The number of carbonyl (C=O) groups is 1. The zero-order valence-electron chi connectivity index (χ0n) is 11.3. The number of nitriles is 1. The lowest BCUT2D eigenvalue weighted by atomic mass is 10.1. The first-order valence-electron chi connectivity index (χ1n) is 6.74. The number of benzene rings is 2. The zero-order valence-corrected chi connectivity index (χ0v) is 11.3. The van der Waals surface area contributed by atoms with E-state index in [1.165, 1.54) is 23.3 Å². The molecule has 0 saturated heterocycles. The van der Waals surface area contributed by atoms with Crippen LogP contribution in [-0.4, -0.2) is 5.91 Å². The number of carbonyl (C=O) groups excluding carboxylic acids is 1. The van der Waals surface area contributed by atoms with E-state index < -0.39 is 5.82 Å². The van der Waals surface area contributed by atoms with Crippen LogP contribution in [-0.2, 0) is 17.6 Å². The van der Waals surface area contributed by atoms with Crippen molar-refractivity contribution in [2.75, 3.05) is 5.32 Å². The molecule has 0 unspecified atom stereocenters. The first-order chi connectivity index (χ1) is 10.2. The number of hydrogen-bond donors (Lipinski definition) is 1. The van der Waals surface area contributed by atoms with Crippen LogP contribution >= 0.6 is 0 Å². The number of rotatable bonds is 2. The Morgan fingerprint density at radius 3 is 2.43 bits per heavy atom. The number of anilines is 1. The van der Waals surface area contributed by atoms with E-state index in [2.05, 4.69) is 5.32 Å². The summed E-state index contributed by atoms with van der Waals surface area (Å²) in [5, 5.41) is 11.3. The lowest BCUT2D eigenvalue weighted by molar-refractivity contribution is -0.119. The quantitative estimate of drug-likeness (QED) is 0.919. The molecule has 0 aliphatic heterocycles. The summed E-state index contributed by atoms with van der Waals surface area (Å²) in [5.74, 6) is -0.940. The minimum Gasteiger partial charge on any atom is -0.323 e. The van der Waals surface area contributed by atoms with Crippen molar-refractivity contribution in [1.29, 1.82) is 5.26 Å². The van der Waals surface area contributed by atoms with Crippen LogP contribution in [0.4, 0.5) is 10.1 Å². The molecular formula is C17H13FN2O. The third kappa shape index (κ3) is 2.63. The summed E-state index contributed by atoms with van der Waals surface area (Å²) in [6.45, 7) is 0. The topological polar surface area (TPSA) is 52.9 Å². The van der Waals surface area contributed by atoms with Gasteiger partial charge in [0.15, 0.2) is 0 Å². The Balaban J connectivity index is 1.73. The highest BCUT2D eigenvalue weighted by molar-refractivity contribution is 5.93. The van der Waals surface area contributed by atoms with E-state index in [9.17, 15) is 9.18 Å². The Hall–Kier alpha value is -2.67. The van der Waals surface area contributed by atoms with E-state index >= 15 is 0 Å². The molecule has 1 aliphatic carbocycles. The fourth-order valence-corrected chi connectivity index (χ4v) is 2.67. The molecule has 0 aromatic heterocycles. The summed E-state index contributed by atoms with van der Waals surface area (Å²) in [4.78, 5) is 12.2. The molecule has 3 nitrogen and oxygen atoms in total. The minimum absolute atomic E-state index is 0.120. The first kappa shape index (κ1) is 13.3. The molecular weight excluding hydrogens is 267 g/mol. The van der Waals surface area contributed by atoms with Crippen molar-refractivity contribution in [1.82, 2.24) is 0 Å². The van der Waals surface area contributed by atoms with E-state index in [0.717, 1.165) is 6.07 Å². The van der Waals surface area contributed by atoms with Gasteiger partial charge in [-0.05, 0) is 42.2 Å². The Bertz CT molecular complexity index is 724. The molecule has 104 valence electrons. The summed E-state index contributed by atoms with van der Waals surface area (Å²) in [7, 11) is 0. The second-order valence-electron chi connectivity index (χ2n) is 5.17. The molecule has 0 heterocycles. The van der Waals surface area contributed by atoms with Gasteiger partial charge in [0.25, 0.3) is 0 Å². The monoisotopic (exact) mass is 280 g/mol. The second-order valence-corrected chi connectivity index (χ2v) is 5.17. The summed E-state index contributed by atoms with van der Waals surface area (Å²) in [6, 6.07) is 13.9. The molecule has 0 atom stereocenters. The van der Waals surface area contributed by atoms with Gasteiger partial charge < -0.3 is 5.32 Å². The molecule has 2 aromatic carbocycles. The van der Waals surface area contributed by atoms with Crippen molar-refractivity contribution in [2.45, 2.75) is 12.8 Å². The van der Waals surface area contributed by atoms with Gasteiger partial charge in [-0.25, -0.2) is 4.39 Å². The predicted octanol–water partition coefficient (Wildman–Crippen LogP) is 3.05. The van der Waals surface area contributed by atoms with Gasteiger partial charge in [0, 0.05) is 5.92 Å². The van der Waals surface area contributed by atoms with Gasteiger partial charge in [0.05, 0.1) is 17.3 Å². The van der Waals surface area contributed by atoms with Crippen molar-refractivity contribution in [2.24, 2.45) is 5.92 Å². The summed E-state index contributed by atoms with van der Waals surface area (Å²) in [6.07, 6.45) is 1.36. The van der Waals surface area contributed by atoms with E-state index in [4.69, 9.17) is 5.26 Å². The Kier molecular flexibility index (Phi) is 3.41. The average Bonchev–Trinajstić information content (AvgIpc) is 2.93. The molecule has 0 spiro atoms. The van der Waals surface area contributed by atoms with Gasteiger partial charge in [-0.3, -0.25) is 4.79 Å². The number of nitrogens with zero attached hydrogens (tertiary/aromatic N) is 1. The van der Waals surface area contributed by atoms with Crippen molar-refractivity contribution in [3.63, 3.8) is 0 Å². The Morgan fingerprint density at radius 1 is 1.19 bits per heavy atom. The van der Waals surface area contributed by atoms with E-state index in [-0.39, 0.29) is 23.1 Å². The Labute approximate surface area is 122 Å². The normalized spacial score (nSPS) is 13.5. The lowest BCUT2D eigenvalue weighted by Gasteiger charge is -2.11. The van der Waals surface area contributed by atoms with Gasteiger partial charge in [0.1, 0.15) is 5.82 Å². The van der Waals surface area contributed by atoms with Gasteiger partial charge in [-0.15, -0.1) is 0 Å². The first-order valence-corrected chi connectivity index (χ1v) is 6.74. The van der Waals surface area contributed by atoms with Gasteiger partial charge in [-0.1, -0.05) is 24.3 Å². The number of nitrogens with one attached hydrogen (secondary N) is 1. The molecule has 1 aliphatic rings. The summed E-state index contributed by atoms with van der Waals surface area (Å²) >= 11 is 0. The molecule has 3 rings (SSSR count). The van der Waals surface area contributed by atoms with Crippen LogP contribution in [0.15, 0.2) is 42.5 Å². The number of halogens is 1. The third-order valence-electron chi connectivity index (χ3n) is 3.78. The van der Waals surface area contributed by atoms with Crippen LogP contribution in [0.25, 0.3) is 0 Å². The molecule has 0 fully saturated rings. The summed E-state index contributed by atoms with van der Waals surface area (Å²) in [5.41, 5.74) is 2.71. The molecule has 0 radical (unpaired) electrons. The van der Waals surface area contributed by atoms with Gasteiger partial charge >= 0.3 is 0 Å². The van der Waals surface area contributed by atoms with Gasteiger partial charge in [-0.2, -0.15) is 5.26 Å². The number of amides is 1. The van der Waals surface area contributed by atoms with Crippen molar-refractivity contribution in [3.8, 4) is 6.07 Å². The van der Waals surface area contributed by atoms with Crippen LogP contribution in [0, 0.1) is 23.1 Å². The SMILES string of the molecule is N#Cc1ccc(NC(=O)C2Cc3ccccc3C2)c(F)c1. The third-order valence-corrected chi connectivity index (χ3v) is 3.78. The molecule has 1 N–H and O–H groups in total. The van der Waals surface area contributed by atoms with Crippen LogP contribution in [0.1, 0.15) is 16.7 Å². The number of fused-ring (bicyclic) bond motifs is 1. The van der Waals surface area contributed by atoms with Crippen LogP contribution in [0.2, 0.25) is 0 Å². The van der Waals surface area contributed by atoms with Crippen molar-refractivity contribution >= 4 is 11.6 Å². The highest BCUT2D eigenvalue weighted by atomic mass is 19.1. The predicted molar refractivity (Wildman–Crippen MR) is 77.1 cm³/mol. The second kappa shape index (κ2) is 5.37. The summed E-state index contributed by atoms with van der Waals surface area (Å²) < 4.78 is 13.8. The highest BCUT2D eigenvalue weighted by Crippen LogP contribution is 2.27. The standard InChI is InChI=1S/C17H13FN2O/c18-15-7-11(10-19)5-6-16(15)20-17(21)14-8-12-3-1-2-4-13(12)9-14/h1-7,14H,8-9H2,(H,20,21). The maximum absolute atomic E-state index is 13.8. The van der Waals surface area contributed by atoms with E-state index in [1.807, 2.05) is 30.3 Å². The molecule has 2 aromatic rings. The minimum atomic E-state index is -0.585. The fraction of sp³-hybridized carbons (Fsp3) is 0.176. The Morgan fingerprint density at radius 2 is 1.86 bits per heavy atom. The lowest BCUT2D eigenvalue weighted by Crippen LogP contribution is -2.23. The molecule has 0 saturated carbocycles. The molecule has 0 bridgehead atoms. The van der Waals surface area contributed by atoms with Crippen molar-refractivity contribution < 1.29 is 9.18 Å². The van der Waals surface area contributed by atoms with Crippen molar-refractivity contribution in [3.05, 3.63) is 65.0 Å². The maximum atomic E-state index is 13.8. The van der Waals surface area contributed by atoms with E-state index in [0.29, 0.717) is 12.8 Å². The van der Waals surface area contributed by atoms with Crippen LogP contribution < -0.4 is 5.32 Å². The maximum Gasteiger partial charge on any atom is 0.228 e.